The van der Waals surface area contributed by atoms with Crippen LogP contribution in [0.15, 0.2) is 30.3 Å². The van der Waals surface area contributed by atoms with Gasteiger partial charge < -0.3 is 10.6 Å². The zero-order chi connectivity index (χ0) is 21.3. The van der Waals surface area contributed by atoms with Crippen LogP contribution in [0.4, 0.5) is 37.7 Å². The normalized spacial score (nSPS) is 12.0. The first-order valence-electron chi connectivity index (χ1n) is 8.18. The minimum Gasteiger partial charge on any atom is -0.376 e. The number of alkyl halides is 6. The lowest BCUT2D eigenvalue weighted by Crippen LogP contribution is -2.23. The van der Waals surface area contributed by atoms with Gasteiger partial charge in [-0.3, -0.25) is 4.79 Å². The van der Waals surface area contributed by atoms with Crippen molar-refractivity contribution in [2.45, 2.75) is 33.1 Å². The van der Waals surface area contributed by atoms with Crippen LogP contribution in [-0.4, -0.2) is 12.5 Å². The van der Waals surface area contributed by atoms with Crippen LogP contribution in [0, 0.1) is 20.8 Å². The number of anilines is 2. The molecule has 0 atom stereocenters. The molecule has 0 unspecified atom stereocenters. The minimum atomic E-state index is -4.95. The smallest absolute Gasteiger partial charge is 0.376 e. The largest absolute Gasteiger partial charge is 0.416 e. The summed E-state index contributed by atoms with van der Waals surface area (Å²) in [4.78, 5) is 12.1. The second-order valence-corrected chi connectivity index (χ2v) is 6.47. The standard InChI is InChI=1S/C19H18F6N2O/c1-10-4-11(2)17(12(3)5-10)27-16(28)9-26-15-7-13(18(20,21)22)6-14(8-15)19(23,24)25/h4-8,26H,9H2,1-3H3,(H,27,28). The fraction of sp³-hybridized carbons (Fsp3) is 0.316. The monoisotopic (exact) mass is 404 g/mol. The van der Waals surface area contributed by atoms with Crippen LogP contribution in [0.5, 0.6) is 0 Å². The number of nitrogens with one attached hydrogen (secondary N) is 2. The maximum atomic E-state index is 12.9. The van der Waals surface area contributed by atoms with E-state index in [2.05, 4.69) is 10.6 Å². The molecular weight excluding hydrogens is 386 g/mol. The van der Waals surface area contributed by atoms with E-state index in [0.717, 1.165) is 16.7 Å². The third-order valence-corrected chi connectivity index (χ3v) is 3.98. The van der Waals surface area contributed by atoms with Crippen LogP contribution in [0.1, 0.15) is 27.8 Å². The second-order valence-electron chi connectivity index (χ2n) is 6.47. The SMILES string of the molecule is Cc1cc(C)c(NC(=O)CNc2cc(C(F)(F)F)cc(C(F)(F)F)c2)c(C)c1. The Morgan fingerprint density at radius 1 is 0.821 bits per heavy atom. The summed E-state index contributed by atoms with van der Waals surface area (Å²) in [5.41, 5.74) is -0.207. The molecule has 0 spiro atoms. The summed E-state index contributed by atoms with van der Waals surface area (Å²) >= 11 is 0. The Labute approximate surface area is 157 Å². The van der Waals surface area contributed by atoms with Crippen LogP contribution in [0.2, 0.25) is 0 Å². The van der Waals surface area contributed by atoms with Gasteiger partial charge in [-0.25, -0.2) is 0 Å². The topological polar surface area (TPSA) is 41.1 Å². The van der Waals surface area contributed by atoms with Crippen LogP contribution in [-0.2, 0) is 17.1 Å². The summed E-state index contributed by atoms with van der Waals surface area (Å²) < 4.78 is 77.2. The highest BCUT2D eigenvalue weighted by Gasteiger charge is 2.36. The maximum Gasteiger partial charge on any atom is 0.416 e. The van der Waals surface area contributed by atoms with Crippen molar-refractivity contribution in [3.63, 3.8) is 0 Å². The number of amides is 1. The van der Waals surface area contributed by atoms with Crippen molar-refractivity contribution < 1.29 is 31.1 Å². The molecule has 0 aliphatic carbocycles. The van der Waals surface area contributed by atoms with E-state index in [1.54, 1.807) is 13.8 Å². The Balaban J connectivity index is 2.19. The van der Waals surface area contributed by atoms with E-state index in [1.165, 1.54) is 0 Å². The summed E-state index contributed by atoms with van der Waals surface area (Å²) in [6.07, 6.45) is -9.90. The highest BCUT2D eigenvalue weighted by Crippen LogP contribution is 2.37. The lowest BCUT2D eigenvalue weighted by molar-refractivity contribution is -0.143. The summed E-state index contributed by atoms with van der Waals surface area (Å²) in [6, 6.07) is 4.79. The number of halogens is 6. The van der Waals surface area contributed by atoms with E-state index in [9.17, 15) is 31.1 Å². The van der Waals surface area contributed by atoms with Crippen molar-refractivity contribution in [3.05, 3.63) is 58.1 Å². The first-order chi connectivity index (χ1) is 12.8. The van der Waals surface area contributed by atoms with Crippen LogP contribution in [0.3, 0.4) is 0 Å². The van der Waals surface area contributed by atoms with Gasteiger partial charge in [-0.05, 0) is 50.1 Å². The van der Waals surface area contributed by atoms with Gasteiger partial charge in [-0.2, -0.15) is 26.3 Å². The van der Waals surface area contributed by atoms with Crippen molar-refractivity contribution in [1.29, 1.82) is 0 Å². The quantitative estimate of drug-likeness (QED) is 0.642. The molecule has 2 aromatic carbocycles. The number of aryl methyl sites for hydroxylation is 3. The van der Waals surface area contributed by atoms with Crippen LogP contribution in [0.25, 0.3) is 0 Å². The van der Waals surface area contributed by atoms with Gasteiger partial charge in [0, 0.05) is 11.4 Å². The fourth-order valence-electron chi connectivity index (χ4n) is 2.80. The summed E-state index contributed by atoms with van der Waals surface area (Å²) in [7, 11) is 0. The Hall–Kier alpha value is -2.71. The first-order valence-corrected chi connectivity index (χ1v) is 8.18. The van der Waals surface area contributed by atoms with E-state index in [-0.39, 0.29) is 6.07 Å². The molecule has 0 radical (unpaired) electrons. The average Bonchev–Trinajstić information content (AvgIpc) is 2.54. The van der Waals surface area contributed by atoms with Crippen LogP contribution < -0.4 is 10.6 Å². The number of carbonyl (C=O) groups excluding carboxylic acids is 1. The van der Waals surface area contributed by atoms with Crippen molar-refractivity contribution >= 4 is 17.3 Å². The molecule has 0 aliphatic heterocycles. The molecule has 1 amide bonds. The van der Waals surface area contributed by atoms with Gasteiger partial charge >= 0.3 is 12.4 Å². The fourth-order valence-corrected chi connectivity index (χ4v) is 2.80. The van der Waals surface area contributed by atoms with Gasteiger partial charge in [0.05, 0.1) is 17.7 Å². The van der Waals surface area contributed by atoms with E-state index in [4.69, 9.17) is 0 Å². The molecule has 0 heterocycles. The number of hydrogen-bond donors (Lipinski definition) is 2. The third kappa shape index (κ3) is 5.40. The van der Waals surface area contributed by atoms with Gasteiger partial charge in [-0.1, -0.05) is 17.7 Å². The van der Waals surface area contributed by atoms with Gasteiger partial charge in [0.25, 0.3) is 0 Å². The van der Waals surface area contributed by atoms with Crippen molar-refractivity contribution in [3.8, 4) is 0 Å². The number of carbonyl (C=O) groups is 1. The molecule has 2 aromatic rings. The van der Waals surface area contributed by atoms with Gasteiger partial charge in [0.15, 0.2) is 0 Å². The summed E-state index contributed by atoms with van der Waals surface area (Å²) in [5.74, 6) is -0.596. The minimum absolute atomic E-state index is 0.0320. The predicted molar refractivity (Wildman–Crippen MR) is 94.2 cm³/mol. The zero-order valence-electron chi connectivity index (χ0n) is 15.3. The molecule has 0 bridgehead atoms. The molecule has 0 aliphatic rings. The zero-order valence-corrected chi connectivity index (χ0v) is 15.3. The number of rotatable bonds is 4. The highest BCUT2D eigenvalue weighted by molar-refractivity contribution is 5.95. The highest BCUT2D eigenvalue weighted by atomic mass is 19.4. The van der Waals surface area contributed by atoms with Crippen molar-refractivity contribution in [2.75, 3.05) is 17.2 Å². The molecule has 2 rings (SSSR count). The van der Waals surface area contributed by atoms with Crippen molar-refractivity contribution in [2.24, 2.45) is 0 Å². The lowest BCUT2D eigenvalue weighted by atomic mass is 10.1. The predicted octanol–water partition coefficient (Wildman–Crippen LogP) is 5.70. The Morgan fingerprint density at radius 2 is 1.29 bits per heavy atom. The second kappa shape index (κ2) is 7.73. The molecule has 0 saturated carbocycles. The number of benzene rings is 2. The Bertz CT molecular complexity index is 832. The molecular formula is C19H18F6N2O. The first kappa shape index (κ1) is 21.6. The third-order valence-electron chi connectivity index (χ3n) is 3.98. The van der Waals surface area contributed by atoms with E-state index in [1.807, 2.05) is 19.1 Å². The van der Waals surface area contributed by atoms with E-state index < -0.39 is 41.6 Å². The Morgan fingerprint density at radius 3 is 1.71 bits per heavy atom. The molecule has 0 aromatic heterocycles. The molecule has 28 heavy (non-hydrogen) atoms. The molecule has 0 fully saturated rings. The molecule has 0 saturated heterocycles. The van der Waals surface area contributed by atoms with Gasteiger partial charge in [0.1, 0.15) is 0 Å². The summed E-state index contributed by atoms with van der Waals surface area (Å²) in [6.45, 7) is 4.96. The van der Waals surface area contributed by atoms with Gasteiger partial charge in [-0.15, -0.1) is 0 Å². The lowest BCUT2D eigenvalue weighted by Gasteiger charge is -2.16. The molecule has 3 nitrogen and oxygen atoms in total. The van der Waals surface area contributed by atoms with Crippen molar-refractivity contribution in [1.82, 2.24) is 0 Å². The molecule has 152 valence electrons. The number of hydrogen-bond acceptors (Lipinski definition) is 2. The van der Waals surface area contributed by atoms with Gasteiger partial charge in [0.2, 0.25) is 5.91 Å². The average molecular weight is 404 g/mol. The van der Waals surface area contributed by atoms with Crippen LogP contribution >= 0.6 is 0 Å². The van der Waals surface area contributed by atoms with E-state index >= 15 is 0 Å². The molecule has 9 heteroatoms. The summed E-state index contributed by atoms with van der Waals surface area (Å²) in [5, 5.41) is 4.95. The van der Waals surface area contributed by atoms with E-state index in [0.29, 0.717) is 17.8 Å². The maximum absolute atomic E-state index is 12.9. The Kier molecular flexibility index (Phi) is 5.96. The molecule has 2 N–H and O–H groups in total.